The van der Waals surface area contributed by atoms with Crippen molar-refractivity contribution in [3.8, 4) is 11.5 Å². The summed E-state index contributed by atoms with van der Waals surface area (Å²) in [6.45, 7) is 2.74. The summed E-state index contributed by atoms with van der Waals surface area (Å²) in [6, 6.07) is 13.7. The van der Waals surface area contributed by atoms with Crippen LogP contribution in [0.25, 0.3) is 11.0 Å². The number of rotatable bonds is 4. The molecule has 0 unspecified atom stereocenters. The van der Waals surface area contributed by atoms with Crippen molar-refractivity contribution >= 4 is 16.8 Å². The molecule has 0 spiro atoms. The van der Waals surface area contributed by atoms with Gasteiger partial charge >= 0.3 is 0 Å². The number of ether oxygens (including phenoxy) is 2. The summed E-state index contributed by atoms with van der Waals surface area (Å²) in [5.41, 5.74) is 2.87. The highest BCUT2D eigenvalue weighted by molar-refractivity contribution is 5.98. The van der Waals surface area contributed by atoms with Gasteiger partial charge in [-0.1, -0.05) is 12.1 Å². The Labute approximate surface area is 163 Å². The lowest BCUT2D eigenvalue weighted by Gasteiger charge is -2.31. The first kappa shape index (κ1) is 17.3. The minimum absolute atomic E-state index is 0.00352. The zero-order chi connectivity index (χ0) is 19.1. The van der Waals surface area contributed by atoms with Gasteiger partial charge in [0, 0.05) is 25.1 Å². The van der Waals surface area contributed by atoms with E-state index in [0.29, 0.717) is 17.1 Å². The number of aryl methyl sites for hydroxylation is 1. The Hall–Kier alpha value is -2.86. The number of benzene rings is 2. The van der Waals surface area contributed by atoms with E-state index in [4.69, 9.17) is 14.5 Å². The highest BCUT2D eigenvalue weighted by Gasteiger charge is 2.28. The van der Waals surface area contributed by atoms with E-state index in [2.05, 4.69) is 22.6 Å². The fraction of sp³-hybridized carbons (Fsp3) is 0.364. The van der Waals surface area contributed by atoms with Crippen LogP contribution in [0.2, 0.25) is 0 Å². The van der Waals surface area contributed by atoms with Crippen molar-refractivity contribution in [2.75, 3.05) is 19.9 Å². The van der Waals surface area contributed by atoms with E-state index in [-0.39, 0.29) is 18.5 Å². The number of Topliss-reactive ketones (excluding diaryl/α,β-unsaturated/α-hetero) is 1. The van der Waals surface area contributed by atoms with Gasteiger partial charge in [-0.25, -0.2) is 4.98 Å². The minimum Gasteiger partial charge on any atom is -0.454 e. The molecule has 0 amide bonds. The van der Waals surface area contributed by atoms with Crippen LogP contribution in [-0.2, 0) is 13.6 Å². The maximum absolute atomic E-state index is 13.1. The molecule has 0 aliphatic carbocycles. The smallest absolute Gasteiger partial charge is 0.231 e. The van der Waals surface area contributed by atoms with Gasteiger partial charge in [0.1, 0.15) is 5.82 Å². The van der Waals surface area contributed by atoms with E-state index < -0.39 is 0 Å². The van der Waals surface area contributed by atoms with Crippen molar-refractivity contribution in [1.29, 1.82) is 0 Å². The number of aromatic nitrogens is 2. The van der Waals surface area contributed by atoms with Gasteiger partial charge in [-0.05, 0) is 49.7 Å². The van der Waals surface area contributed by atoms with Crippen LogP contribution in [0, 0.1) is 5.92 Å². The van der Waals surface area contributed by atoms with Crippen LogP contribution in [0.5, 0.6) is 11.5 Å². The number of hydrogen-bond acceptors (Lipinski definition) is 5. The number of piperidine rings is 1. The number of carbonyl (C=O) groups excluding carboxylic acids is 1. The molecule has 0 N–H and O–H groups in total. The molecular weight excluding hydrogens is 354 g/mol. The minimum atomic E-state index is 0.00352. The van der Waals surface area contributed by atoms with Gasteiger partial charge in [-0.3, -0.25) is 9.69 Å². The predicted octanol–water partition coefficient (Wildman–Crippen LogP) is 3.40. The number of nitrogens with zero attached hydrogens (tertiary/aromatic N) is 3. The van der Waals surface area contributed by atoms with Crippen LogP contribution in [0.1, 0.15) is 29.0 Å². The topological polar surface area (TPSA) is 56.6 Å². The van der Waals surface area contributed by atoms with Crippen molar-refractivity contribution in [2.24, 2.45) is 13.0 Å². The molecule has 28 heavy (non-hydrogen) atoms. The first-order valence-corrected chi connectivity index (χ1v) is 9.75. The summed E-state index contributed by atoms with van der Waals surface area (Å²) in [6.07, 6.45) is 1.94. The monoisotopic (exact) mass is 377 g/mol. The molecule has 1 fully saturated rings. The predicted molar refractivity (Wildman–Crippen MR) is 106 cm³/mol. The van der Waals surface area contributed by atoms with Gasteiger partial charge in [-0.2, -0.15) is 0 Å². The van der Waals surface area contributed by atoms with Crippen LogP contribution < -0.4 is 9.47 Å². The van der Waals surface area contributed by atoms with Crippen molar-refractivity contribution in [3.63, 3.8) is 0 Å². The third kappa shape index (κ3) is 3.03. The lowest BCUT2D eigenvalue weighted by atomic mass is 9.90. The fourth-order valence-electron chi connectivity index (χ4n) is 4.24. The second-order valence-electron chi connectivity index (χ2n) is 7.58. The molecule has 6 heteroatoms. The summed E-state index contributed by atoms with van der Waals surface area (Å²) >= 11 is 0. The maximum atomic E-state index is 13.1. The number of ketones is 1. The molecule has 2 aliphatic rings. The lowest BCUT2D eigenvalue weighted by Crippen LogP contribution is -2.38. The van der Waals surface area contributed by atoms with E-state index in [0.717, 1.165) is 49.3 Å². The van der Waals surface area contributed by atoms with Crippen molar-refractivity contribution in [2.45, 2.75) is 19.4 Å². The van der Waals surface area contributed by atoms with E-state index in [1.807, 2.05) is 36.4 Å². The number of hydrogen-bond donors (Lipinski definition) is 0. The second kappa shape index (κ2) is 6.95. The Bertz CT molecular complexity index is 1040. The Morgan fingerprint density at radius 1 is 1.18 bits per heavy atom. The summed E-state index contributed by atoms with van der Waals surface area (Å²) in [7, 11) is 2.06. The Kier molecular flexibility index (Phi) is 4.28. The highest BCUT2D eigenvalue weighted by atomic mass is 16.7. The van der Waals surface area contributed by atoms with E-state index in [1.54, 1.807) is 0 Å². The molecule has 2 aromatic carbocycles. The summed E-state index contributed by atoms with van der Waals surface area (Å²) < 4.78 is 12.9. The van der Waals surface area contributed by atoms with E-state index in [1.165, 1.54) is 0 Å². The first-order valence-electron chi connectivity index (χ1n) is 9.75. The quantitative estimate of drug-likeness (QED) is 0.653. The Balaban J connectivity index is 1.31. The van der Waals surface area contributed by atoms with Crippen molar-refractivity contribution in [3.05, 3.63) is 53.9 Å². The fourth-order valence-corrected chi connectivity index (χ4v) is 4.24. The molecule has 0 saturated carbocycles. The van der Waals surface area contributed by atoms with Gasteiger partial charge in [0.25, 0.3) is 0 Å². The summed E-state index contributed by atoms with van der Waals surface area (Å²) in [5.74, 6) is 2.61. The zero-order valence-electron chi connectivity index (χ0n) is 15.9. The highest BCUT2D eigenvalue weighted by Crippen LogP contribution is 2.34. The van der Waals surface area contributed by atoms with Gasteiger partial charge in [0.15, 0.2) is 17.3 Å². The van der Waals surface area contributed by atoms with Gasteiger partial charge in [0.2, 0.25) is 6.79 Å². The van der Waals surface area contributed by atoms with Gasteiger partial charge < -0.3 is 14.0 Å². The molecule has 0 radical (unpaired) electrons. The number of imidazole rings is 1. The average Bonchev–Trinajstić information content (AvgIpc) is 3.32. The Morgan fingerprint density at radius 2 is 2.04 bits per heavy atom. The third-order valence-corrected chi connectivity index (χ3v) is 5.78. The lowest BCUT2D eigenvalue weighted by molar-refractivity contribution is 0.0807. The number of para-hydroxylation sites is 2. The van der Waals surface area contributed by atoms with Crippen molar-refractivity contribution in [1.82, 2.24) is 14.5 Å². The van der Waals surface area contributed by atoms with Crippen LogP contribution >= 0.6 is 0 Å². The molecule has 1 saturated heterocycles. The molecule has 1 atom stereocenters. The van der Waals surface area contributed by atoms with Gasteiger partial charge in [-0.15, -0.1) is 0 Å². The van der Waals surface area contributed by atoms with Crippen LogP contribution in [0.15, 0.2) is 42.5 Å². The SMILES string of the molecule is Cn1c(CN2CCC[C@H](C(=O)c3ccc4c(c3)OCO4)C2)nc2ccccc21. The molecule has 0 bridgehead atoms. The summed E-state index contributed by atoms with van der Waals surface area (Å²) in [4.78, 5) is 20.2. The number of carbonyl (C=O) groups is 1. The van der Waals surface area contributed by atoms with Crippen LogP contribution in [0.3, 0.4) is 0 Å². The molecule has 3 aromatic rings. The van der Waals surface area contributed by atoms with Crippen LogP contribution in [0.4, 0.5) is 0 Å². The molecule has 2 aliphatic heterocycles. The van der Waals surface area contributed by atoms with Crippen molar-refractivity contribution < 1.29 is 14.3 Å². The average molecular weight is 377 g/mol. The maximum Gasteiger partial charge on any atom is 0.231 e. The standard InChI is InChI=1S/C22H23N3O3/c1-24-18-7-3-2-6-17(18)23-21(24)13-25-10-4-5-16(12-25)22(26)15-8-9-19-20(11-15)28-14-27-19/h2-3,6-9,11,16H,4-5,10,12-14H2,1H3/t16-/m0/s1. The largest absolute Gasteiger partial charge is 0.454 e. The van der Waals surface area contributed by atoms with E-state index in [9.17, 15) is 4.79 Å². The second-order valence-corrected chi connectivity index (χ2v) is 7.58. The third-order valence-electron chi connectivity index (χ3n) is 5.78. The number of likely N-dealkylation sites (tertiary alicyclic amines) is 1. The molecule has 1 aromatic heterocycles. The zero-order valence-corrected chi connectivity index (χ0v) is 15.9. The Morgan fingerprint density at radius 3 is 2.93 bits per heavy atom. The number of fused-ring (bicyclic) bond motifs is 2. The molecule has 6 nitrogen and oxygen atoms in total. The first-order chi connectivity index (χ1) is 13.7. The molecule has 3 heterocycles. The summed E-state index contributed by atoms with van der Waals surface area (Å²) in [5, 5.41) is 0. The van der Waals surface area contributed by atoms with Gasteiger partial charge in [0.05, 0.1) is 17.6 Å². The normalized spacial score (nSPS) is 19.2. The van der Waals surface area contributed by atoms with E-state index >= 15 is 0 Å². The molecule has 144 valence electrons. The van der Waals surface area contributed by atoms with Crippen LogP contribution in [-0.4, -0.2) is 40.1 Å². The molecule has 5 rings (SSSR count). The molecular formula is C22H23N3O3.